The maximum absolute atomic E-state index is 13.8. The molecule has 0 aliphatic rings. The number of para-hydroxylation sites is 1. The average molecular weight is 527 g/mol. The molecule has 2 N–H and O–H groups in total. The van der Waals surface area contributed by atoms with Gasteiger partial charge in [-0.1, -0.05) is 60.7 Å². The Morgan fingerprint density at radius 2 is 1.60 bits per heavy atom. The number of benzene rings is 3. The molecule has 3 aromatic heterocycles. The number of hydrogen-bond acceptors (Lipinski definition) is 4. The fourth-order valence-electron chi connectivity index (χ4n) is 4.96. The van der Waals surface area contributed by atoms with E-state index in [0.29, 0.717) is 17.8 Å². The summed E-state index contributed by atoms with van der Waals surface area (Å²) in [6.07, 6.45) is 4.23. The van der Waals surface area contributed by atoms with E-state index in [-0.39, 0.29) is 17.5 Å². The summed E-state index contributed by atoms with van der Waals surface area (Å²) in [5.74, 6) is -1.24. The van der Waals surface area contributed by atoms with Crippen LogP contribution in [0.1, 0.15) is 50.6 Å². The second-order valence-corrected chi connectivity index (χ2v) is 9.77. The Bertz CT molecular complexity index is 1860. The van der Waals surface area contributed by atoms with E-state index >= 15 is 0 Å². The summed E-state index contributed by atoms with van der Waals surface area (Å²) in [6, 6.07) is 30.1. The number of carbonyl (C=O) groups excluding carboxylic acids is 1. The molecule has 0 saturated heterocycles. The van der Waals surface area contributed by atoms with Gasteiger partial charge < -0.3 is 10.4 Å². The molecular formula is C33H26N4O3. The molecule has 0 aliphatic carbocycles. The lowest BCUT2D eigenvalue weighted by atomic mass is 10.0. The monoisotopic (exact) mass is 526 g/mol. The van der Waals surface area contributed by atoms with Crippen molar-refractivity contribution in [1.82, 2.24) is 19.7 Å². The molecule has 0 spiro atoms. The fourth-order valence-corrected chi connectivity index (χ4v) is 4.96. The molecule has 6 aromatic rings. The van der Waals surface area contributed by atoms with Gasteiger partial charge in [-0.05, 0) is 65.6 Å². The number of aromatic carboxylic acids is 1. The van der Waals surface area contributed by atoms with Crippen molar-refractivity contribution in [1.29, 1.82) is 0 Å². The van der Waals surface area contributed by atoms with E-state index in [1.165, 1.54) is 0 Å². The third-order valence-electron chi connectivity index (χ3n) is 7.06. The van der Waals surface area contributed by atoms with Gasteiger partial charge in [0.25, 0.3) is 5.91 Å². The fraction of sp³-hybridized carbons (Fsp3) is 0.0909. The molecule has 6 rings (SSSR count). The summed E-state index contributed by atoms with van der Waals surface area (Å²) < 4.78 is 1.90. The summed E-state index contributed by atoms with van der Waals surface area (Å²) in [5.41, 5.74) is 6.84. The molecule has 0 aliphatic heterocycles. The van der Waals surface area contributed by atoms with Crippen molar-refractivity contribution in [2.75, 3.05) is 0 Å². The first kappa shape index (κ1) is 25.0. The molecule has 7 heteroatoms. The largest absolute Gasteiger partial charge is 0.478 e. The number of hydrogen-bond donors (Lipinski definition) is 2. The summed E-state index contributed by atoms with van der Waals surface area (Å²) in [4.78, 5) is 34.3. The van der Waals surface area contributed by atoms with Gasteiger partial charge >= 0.3 is 5.97 Å². The molecule has 40 heavy (non-hydrogen) atoms. The van der Waals surface area contributed by atoms with Crippen LogP contribution in [0.4, 0.5) is 0 Å². The van der Waals surface area contributed by atoms with Crippen LogP contribution in [-0.2, 0) is 6.42 Å². The van der Waals surface area contributed by atoms with Crippen molar-refractivity contribution in [2.24, 2.45) is 0 Å². The Kier molecular flexibility index (Phi) is 6.54. The normalized spacial score (nSPS) is 11.9. The maximum Gasteiger partial charge on any atom is 0.335 e. The Balaban J connectivity index is 1.39. The molecule has 0 bridgehead atoms. The maximum atomic E-state index is 13.8. The van der Waals surface area contributed by atoms with Gasteiger partial charge in [0, 0.05) is 29.9 Å². The zero-order valence-corrected chi connectivity index (χ0v) is 21.8. The standard InChI is InChI=1S/C33H26N4O3/c1-21(23-11-13-25(14-12-23)33(39)40)36-32(38)30-17-27(24-7-3-2-4-8-24)18-31-35-20-28(37(30)31)16-22-15-26-9-5-6-10-29(26)34-19-22/h2-15,17-21H,16H2,1H3,(H,36,38)(H,39,40)/t21-/m0/s1. The van der Waals surface area contributed by atoms with Crippen molar-refractivity contribution in [3.05, 3.63) is 138 Å². The summed E-state index contributed by atoms with van der Waals surface area (Å²) in [6.45, 7) is 1.88. The van der Waals surface area contributed by atoms with Crippen LogP contribution in [0, 0.1) is 0 Å². The second kappa shape index (κ2) is 10.5. The minimum Gasteiger partial charge on any atom is -0.478 e. The molecule has 196 valence electrons. The van der Waals surface area contributed by atoms with Gasteiger partial charge in [0.05, 0.1) is 17.1 Å². The van der Waals surface area contributed by atoms with E-state index in [2.05, 4.69) is 21.4 Å². The lowest BCUT2D eigenvalue weighted by Crippen LogP contribution is -2.28. The molecule has 1 atom stereocenters. The zero-order chi connectivity index (χ0) is 27.6. The van der Waals surface area contributed by atoms with Crippen LogP contribution in [-0.4, -0.2) is 31.4 Å². The van der Waals surface area contributed by atoms with Crippen LogP contribution >= 0.6 is 0 Å². The molecule has 7 nitrogen and oxygen atoms in total. The Hall–Kier alpha value is -5.30. The van der Waals surface area contributed by atoms with E-state index < -0.39 is 5.97 Å². The number of amides is 1. The minimum atomic E-state index is -0.988. The SMILES string of the molecule is C[C@H](NC(=O)c1cc(-c2ccccc2)cc2ncc(Cc3cnc4ccccc4c3)n12)c1ccc(C(=O)O)cc1. The highest BCUT2D eigenvalue weighted by atomic mass is 16.4. The molecule has 0 radical (unpaired) electrons. The van der Waals surface area contributed by atoms with E-state index in [0.717, 1.165) is 38.9 Å². The molecule has 3 heterocycles. The predicted molar refractivity (Wildman–Crippen MR) is 154 cm³/mol. The van der Waals surface area contributed by atoms with Crippen LogP contribution in [0.5, 0.6) is 0 Å². The molecule has 0 fully saturated rings. The lowest BCUT2D eigenvalue weighted by Gasteiger charge is -2.17. The number of carbonyl (C=O) groups is 2. The van der Waals surface area contributed by atoms with E-state index in [1.807, 2.05) is 90.4 Å². The minimum absolute atomic E-state index is 0.200. The van der Waals surface area contributed by atoms with Gasteiger partial charge in [-0.25, -0.2) is 9.78 Å². The van der Waals surface area contributed by atoms with E-state index in [1.54, 1.807) is 24.3 Å². The van der Waals surface area contributed by atoms with Crippen LogP contribution in [0.25, 0.3) is 27.7 Å². The number of pyridine rings is 2. The van der Waals surface area contributed by atoms with Crippen LogP contribution in [0.15, 0.2) is 109 Å². The molecule has 0 saturated carbocycles. The highest BCUT2D eigenvalue weighted by molar-refractivity contribution is 5.95. The first-order valence-electron chi connectivity index (χ1n) is 13.0. The number of nitrogens with one attached hydrogen (secondary N) is 1. The van der Waals surface area contributed by atoms with E-state index in [4.69, 9.17) is 0 Å². The first-order chi connectivity index (χ1) is 19.5. The smallest absolute Gasteiger partial charge is 0.335 e. The number of carboxylic acid groups (broad SMARTS) is 1. The highest BCUT2D eigenvalue weighted by Gasteiger charge is 2.19. The van der Waals surface area contributed by atoms with Crippen molar-refractivity contribution >= 4 is 28.4 Å². The van der Waals surface area contributed by atoms with Crippen molar-refractivity contribution < 1.29 is 14.7 Å². The third-order valence-corrected chi connectivity index (χ3v) is 7.06. The summed E-state index contributed by atoms with van der Waals surface area (Å²) in [7, 11) is 0. The van der Waals surface area contributed by atoms with Crippen LogP contribution in [0.2, 0.25) is 0 Å². The first-order valence-corrected chi connectivity index (χ1v) is 13.0. The lowest BCUT2D eigenvalue weighted by molar-refractivity contribution is 0.0696. The van der Waals surface area contributed by atoms with E-state index in [9.17, 15) is 14.7 Å². The number of carboxylic acids is 1. The predicted octanol–water partition coefficient (Wildman–Crippen LogP) is 6.33. The second-order valence-electron chi connectivity index (χ2n) is 9.77. The van der Waals surface area contributed by atoms with Gasteiger partial charge in [0.2, 0.25) is 0 Å². The zero-order valence-electron chi connectivity index (χ0n) is 21.8. The van der Waals surface area contributed by atoms with Crippen molar-refractivity contribution in [3.63, 3.8) is 0 Å². The number of imidazole rings is 1. The van der Waals surface area contributed by atoms with Gasteiger partial charge in [0.15, 0.2) is 0 Å². The molecule has 0 unspecified atom stereocenters. The Morgan fingerprint density at radius 3 is 2.38 bits per heavy atom. The third kappa shape index (κ3) is 4.92. The van der Waals surface area contributed by atoms with Crippen LogP contribution in [0.3, 0.4) is 0 Å². The average Bonchev–Trinajstić information content (AvgIpc) is 3.39. The molecule has 3 aromatic carbocycles. The number of rotatable bonds is 7. The number of fused-ring (bicyclic) bond motifs is 2. The van der Waals surface area contributed by atoms with Crippen molar-refractivity contribution in [2.45, 2.75) is 19.4 Å². The summed E-state index contributed by atoms with van der Waals surface area (Å²) >= 11 is 0. The van der Waals surface area contributed by atoms with Gasteiger partial charge in [0.1, 0.15) is 11.3 Å². The van der Waals surface area contributed by atoms with Crippen LogP contribution < -0.4 is 5.32 Å². The molecular weight excluding hydrogens is 500 g/mol. The molecule has 1 amide bonds. The highest BCUT2D eigenvalue weighted by Crippen LogP contribution is 2.26. The van der Waals surface area contributed by atoms with Crippen molar-refractivity contribution in [3.8, 4) is 11.1 Å². The number of nitrogens with zero attached hydrogens (tertiary/aromatic N) is 3. The van der Waals surface area contributed by atoms with Gasteiger partial charge in [-0.15, -0.1) is 0 Å². The summed E-state index contributed by atoms with van der Waals surface area (Å²) in [5, 5.41) is 13.4. The quantitative estimate of drug-likeness (QED) is 0.253. The van der Waals surface area contributed by atoms with Gasteiger partial charge in [-0.3, -0.25) is 14.2 Å². The Labute approximate surface area is 230 Å². The topological polar surface area (TPSA) is 96.6 Å². The number of aromatic nitrogens is 3. The Morgan fingerprint density at radius 1 is 0.850 bits per heavy atom. The van der Waals surface area contributed by atoms with Gasteiger partial charge in [-0.2, -0.15) is 0 Å².